The normalized spacial score (nSPS) is 13.0. The van der Waals surface area contributed by atoms with Crippen LogP contribution in [0, 0.1) is 0 Å². The number of benzene rings is 1. The Kier molecular flexibility index (Phi) is 4.72. The molecular formula is C12H16O5S. The van der Waals surface area contributed by atoms with Gasteiger partial charge in [0.2, 0.25) is 0 Å². The van der Waals surface area contributed by atoms with Gasteiger partial charge >= 0.3 is 5.97 Å². The highest BCUT2D eigenvalue weighted by molar-refractivity contribution is 7.92. The Morgan fingerprint density at radius 3 is 2.50 bits per heavy atom. The highest BCUT2D eigenvalue weighted by atomic mass is 32.2. The lowest BCUT2D eigenvalue weighted by atomic mass is 10.2. The minimum Gasteiger partial charge on any atom is -0.496 e. The van der Waals surface area contributed by atoms with Gasteiger partial charge in [-0.1, -0.05) is 25.1 Å². The van der Waals surface area contributed by atoms with E-state index in [4.69, 9.17) is 9.84 Å². The van der Waals surface area contributed by atoms with Crippen molar-refractivity contribution in [3.63, 3.8) is 0 Å². The Bertz CT molecular complexity index is 521. The number of para-hydroxylation sites is 1. The molecule has 0 saturated carbocycles. The minimum absolute atomic E-state index is 0.0484. The summed E-state index contributed by atoms with van der Waals surface area (Å²) < 4.78 is 29.1. The van der Waals surface area contributed by atoms with Crippen molar-refractivity contribution in [2.45, 2.75) is 24.3 Å². The first-order valence-corrected chi connectivity index (χ1v) is 7.20. The molecule has 5 nitrogen and oxygen atoms in total. The SMILES string of the molecule is CCC(C(=O)O)S(=O)(=O)Cc1ccccc1OC. The molecule has 6 heteroatoms. The summed E-state index contributed by atoms with van der Waals surface area (Å²) in [6, 6.07) is 6.68. The number of methoxy groups -OCH3 is 1. The molecule has 0 aliphatic rings. The van der Waals surface area contributed by atoms with Crippen LogP contribution in [0.1, 0.15) is 18.9 Å². The fourth-order valence-electron chi connectivity index (χ4n) is 1.72. The van der Waals surface area contributed by atoms with Crippen LogP contribution in [0.3, 0.4) is 0 Å². The van der Waals surface area contributed by atoms with Crippen LogP contribution in [0.5, 0.6) is 5.75 Å². The third kappa shape index (κ3) is 3.22. The summed E-state index contributed by atoms with van der Waals surface area (Å²) in [6.07, 6.45) is 0.0484. The maximum Gasteiger partial charge on any atom is 0.321 e. The molecule has 0 amide bonds. The summed E-state index contributed by atoms with van der Waals surface area (Å²) in [5.41, 5.74) is 0.472. The van der Waals surface area contributed by atoms with E-state index in [1.165, 1.54) is 7.11 Å². The fourth-order valence-corrected chi connectivity index (χ4v) is 3.41. The second-order valence-corrected chi connectivity index (χ2v) is 6.04. The number of rotatable bonds is 6. The number of aliphatic carboxylic acids is 1. The van der Waals surface area contributed by atoms with Crippen LogP contribution in [0.25, 0.3) is 0 Å². The third-order valence-electron chi connectivity index (χ3n) is 2.63. The maximum absolute atomic E-state index is 12.0. The van der Waals surface area contributed by atoms with Gasteiger partial charge in [-0.3, -0.25) is 4.79 Å². The van der Waals surface area contributed by atoms with Crippen LogP contribution >= 0.6 is 0 Å². The Morgan fingerprint density at radius 1 is 1.39 bits per heavy atom. The molecule has 1 aromatic carbocycles. The third-order valence-corrected chi connectivity index (χ3v) is 4.74. The molecule has 0 radical (unpaired) electrons. The maximum atomic E-state index is 12.0. The topological polar surface area (TPSA) is 80.7 Å². The van der Waals surface area contributed by atoms with Gasteiger partial charge in [-0.05, 0) is 12.5 Å². The molecule has 0 bridgehead atoms. The lowest BCUT2D eigenvalue weighted by molar-refractivity contribution is -0.136. The molecule has 0 aliphatic carbocycles. The molecule has 18 heavy (non-hydrogen) atoms. The van der Waals surface area contributed by atoms with E-state index in [0.29, 0.717) is 11.3 Å². The van der Waals surface area contributed by atoms with Crippen molar-refractivity contribution in [1.29, 1.82) is 0 Å². The van der Waals surface area contributed by atoms with Gasteiger partial charge in [0.25, 0.3) is 0 Å². The summed E-state index contributed by atoms with van der Waals surface area (Å²) >= 11 is 0. The van der Waals surface area contributed by atoms with Crippen LogP contribution in [0.4, 0.5) is 0 Å². The zero-order chi connectivity index (χ0) is 13.8. The monoisotopic (exact) mass is 272 g/mol. The summed E-state index contributed by atoms with van der Waals surface area (Å²) in [7, 11) is -2.29. The van der Waals surface area contributed by atoms with Crippen LogP contribution in [0.15, 0.2) is 24.3 Å². The smallest absolute Gasteiger partial charge is 0.321 e. The van der Waals surface area contributed by atoms with Crippen LogP contribution < -0.4 is 4.74 Å². The number of sulfone groups is 1. The number of carbonyl (C=O) groups is 1. The first-order chi connectivity index (χ1) is 8.42. The van der Waals surface area contributed by atoms with E-state index in [-0.39, 0.29) is 12.2 Å². The Morgan fingerprint density at radius 2 is 2.00 bits per heavy atom. The number of carboxylic acids is 1. The molecule has 0 aliphatic heterocycles. The lowest BCUT2D eigenvalue weighted by Gasteiger charge is -2.13. The number of ether oxygens (including phenoxy) is 1. The predicted molar refractivity (Wildman–Crippen MR) is 67.3 cm³/mol. The van der Waals surface area contributed by atoms with Crippen LogP contribution in [-0.4, -0.2) is 31.9 Å². The van der Waals surface area contributed by atoms with Crippen molar-refractivity contribution in [1.82, 2.24) is 0 Å². The number of carboxylic acid groups (broad SMARTS) is 1. The van der Waals surface area contributed by atoms with Gasteiger partial charge in [0.1, 0.15) is 5.75 Å². The molecule has 1 unspecified atom stereocenters. The molecule has 1 N–H and O–H groups in total. The first kappa shape index (κ1) is 14.5. The molecular weight excluding hydrogens is 256 g/mol. The van der Waals surface area contributed by atoms with Crippen LogP contribution in [-0.2, 0) is 20.4 Å². The summed E-state index contributed by atoms with van der Waals surface area (Å²) in [5, 5.41) is 7.53. The van der Waals surface area contributed by atoms with E-state index in [1.807, 2.05) is 0 Å². The van der Waals surface area contributed by atoms with E-state index in [0.717, 1.165) is 0 Å². The Hall–Kier alpha value is -1.56. The van der Waals surface area contributed by atoms with Crippen molar-refractivity contribution in [3.8, 4) is 5.75 Å². The van der Waals surface area contributed by atoms with Gasteiger partial charge in [-0.2, -0.15) is 0 Å². The van der Waals surface area contributed by atoms with Gasteiger partial charge < -0.3 is 9.84 Å². The van der Waals surface area contributed by atoms with Gasteiger partial charge in [-0.15, -0.1) is 0 Å². The molecule has 0 fully saturated rings. The molecule has 0 saturated heterocycles. The van der Waals surface area contributed by atoms with E-state index in [1.54, 1.807) is 31.2 Å². The average Bonchev–Trinajstić information content (AvgIpc) is 2.29. The zero-order valence-corrected chi connectivity index (χ0v) is 11.1. The van der Waals surface area contributed by atoms with Crippen molar-refractivity contribution in [3.05, 3.63) is 29.8 Å². The second-order valence-electron chi connectivity index (χ2n) is 3.85. The Balaban J connectivity index is 3.05. The van der Waals surface area contributed by atoms with Gasteiger partial charge in [0.15, 0.2) is 15.1 Å². The summed E-state index contributed by atoms with van der Waals surface area (Å²) in [4.78, 5) is 10.9. The van der Waals surface area contributed by atoms with Crippen molar-refractivity contribution >= 4 is 15.8 Å². The predicted octanol–water partition coefficient (Wildman–Crippen LogP) is 1.47. The standard InChI is InChI=1S/C12H16O5S/c1-3-11(12(13)14)18(15,16)8-9-6-4-5-7-10(9)17-2/h4-7,11H,3,8H2,1-2H3,(H,13,14). The second kappa shape index (κ2) is 5.86. The average molecular weight is 272 g/mol. The van der Waals surface area contributed by atoms with E-state index >= 15 is 0 Å². The number of hydrogen-bond acceptors (Lipinski definition) is 4. The van der Waals surface area contributed by atoms with Gasteiger partial charge in [0.05, 0.1) is 12.9 Å². The lowest BCUT2D eigenvalue weighted by Crippen LogP contribution is -2.30. The van der Waals surface area contributed by atoms with Crippen molar-refractivity contribution in [2.24, 2.45) is 0 Å². The summed E-state index contributed by atoms with van der Waals surface area (Å²) in [5.74, 6) is -1.20. The van der Waals surface area contributed by atoms with Crippen molar-refractivity contribution < 1.29 is 23.1 Å². The van der Waals surface area contributed by atoms with Gasteiger partial charge in [-0.25, -0.2) is 8.42 Å². The Labute approximate surface area is 106 Å². The van der Waals surface area contributed by atoms with E-state index in [9.17, 15) is 13.2 Å². The summed E-state index contributed by atoms with van der Waals surface area (Å²) in [6.45, 7) is 1.54. The fraction of sp³-hybridized carbons (Fsp3) is 0.417. The van der Waals surface area contributed by atoms with E-state index < -0.39 is 21.1 Å². The quantitative estimate of drug-likeness (QED) is 0.848. The molecule has 1 rings (SSSR count). The van der Waals surface area contributed by atoms with Gasteiger partial charge in [0, 0.05) is 5.56 Å². The highest BCUT2D eigenvalue weighted by Crippen LogP contribution is 2.22. The molecule has 0 aromatic heterocycles. The molecule has 0 spiro atoms. The highest BCUT2D eigenvalue weighted by Gasteiger charge is 2.31. The van der Waals surface area contributed by atoms with Crippen LogP contribution in [0.2, 0.25) is 0 Å². The molecule has 1 atom stereocenters. The van der Waals surface area contributed by atoms with E-state index in [2.05, 4.69) is 0 Å². The molecule has 100 valence electrons. The largest absolute Gasteiger partial charge is 0.496 e. The number of hydrogen-bond donors (Lipinski definition) is 1. The molecule has 1 aromatic rings. The molecule has 0 heterocycles. The minimum atomic E-state index is -3.74. The first-order valence-electron chi connectivity index (χ1n) is 5.48. The zero-order valence-electron chi connectivity index (χ0n) is 10.3. The van der Waals surface area contributed by atoms with Crippen molar-refractivity contribution in [2.75, 3.05) is 7.11 Å².